The second-order valence-electron chi connectivity index (χ2n) is 6.85. The highest BCUT2D eigenvalue weighted by atomic mass is 16.5. The first-order valence-electron chi connectivity index (χ1n) is 9.69. The summed E-state index contributed by atoms with van der Waals surface area (Å²) in [5.74, 6) is 1.07. The fraction of sp³-hybridized carbons (Fsp3) is 0.778. The number of aliphatic imine (C=N–C) groups is 1. The van der Waals surface area contributed by atoms with E-state index in [-0.39, 0.29) is 0 Å². The Kier molecular flexibility index (Phi) is 6.69. The van der Waals surface area contributed by atoms with Gasteiger partial charge in [-0.1, -0.05) is 12.1 Å². The number of hydrogen-bond donors (Lipinski definition) is 1. The average Bonchev–Trinajstić information content (AvgIpc) is 3.35. The summed E-state index contributed by atoms with van der Waals surface area (Å²) in [5.41, 5.74) is 1.01. The van der Waals surface area contributed by atoms with Crippen LogP contribution in [-0.2, 0) is 6.54 Å². The van der Waals surface area contributed by atoms with Crippen LogP contribution in [0.25, 0.3) is 0 Å². The van der Waals surface area contributed by atoms with Gasteiger partial charge in [0.15, 0.2) is 5.96 Å². The second kappa shape index (κ2) is 9.20. The largest absolute Gasteiger partial charge is 0.364 e. The highest BCUT2D eigenvalue weighted by molar-refractivity contribution is 5.80. The quantitative estimate of drug-likeness (QED) is 0.563. The van der Waals surface area contributed by atoms with Crippen molar-refractivity contribution in [3.8, 4) is 0 Å². The molecule has 0 spiro atoms. The van der Waals surface area contributed by atoms with Crippen LogP contribution >= 0.6 is 0 Å². The van der Waals surface area contributed by atoms with Crippen molar-refractivity contribution in [1.82, 2.24) is 25.2 Å². The van der Waals surface area contributed by atoms with Crippen LogP contribution in [0.4, 0.5) is 0 Å². The molecular formula is C18H32N6O. The van der Waals surface area contributed by atoms with Crippen LogP contribution < -0.4 is 5.32 Å². The van der Waals surface area contributed by atoms with E-state index in [1.54, 1.807) is 6.26 Å². The number of piperazine rings is 1. The van der Waals surface area contributed by atoms with Crippen LogP contribution in [0.5, 0.6) is 0 Å². The first kappa shape index (κ1) is 18.2. The van der Waals surface area contributed by atoms with Crippen LogP contribution in [-0.4, -0.2) is 84.2 Å². The maximum absolute atomic E-state index is 4.92. The molecule has 1 aliphatic heterocycles. The molecule has 2 aliphatic rings. The lowest BCUT2D eigenvalue weighted by molar-refractivity contribution is 0.169. The van der Waals surface area contributed by atoms with Gasteiger partial charge in [0, 0.05) is 57.9 Å². The molecule has 0 atom stereocenters. The van der Waals surface area contributed by atoms with Crippen LogP contribution in [0.2, 0.25) is 0 Å². The van der Waals surface area contributed by atoms with Crippen molar-refractivity contribution in [2.24, 2.45) is 4.99 Å². The number of aromatic nitrogens is 1. The first-order valence-corrected chi connectivity index (χ1v) is 9.69. The van der Waals surface area contributed by atoms with Crippen molar-refractivity contribution in [3.63, 3.8) is 0 Å². The van der Waals surface area contributed by atoms with Crippen molar-refractivity contribution in [2.45, 2.75) is 39.3 Å². The van der Waals surface area contributed by atoms with Gasteiger partial charge in [0.25, 0.3) is 0 Å². The lowest BCUT2D eigenvalue weighted by Gasteiger charge is -2.36. The molecular weight excluding hydrogens is 316 g/mol. The maximum Gasteiger partial charge on any atom is 0.194 e. The third kappa shape index (κ3) is 5.44. The Hall–Kier alpha value is -1.60. The zero-order valence-corrected chi connectivity index (χ0v) is 15.7. The van der Waals surface area contributed by atoms with Gasteiger partial charge in [-0.15, -0.1) is 0 Å². The monoisotopic (exact) mass is 348 g/mol. The third-order valence-electron chi connectivity index (χ3n) is 5.00. The molecule has 1 saturated carbocycles. The van der Waals surface area contributed by atoms with Crippen molar-refractivity contribution in [3.05, 3.63) is 18.0 Å². The smallest absolute Gasteiger partial charge is 0.194 e. The van der Waals surface area contributed by atoms with Gasteiger partial charge in [0.05, 0.1) is 12.2 Å². The van der Waals surface area contributed by atoms with Crippen molar-refractivity contribution < 1.29 is 4.52 Å². The molecule has 1 N–H and O–H groups in total. The van der Waals surface area contributed by atoms with E-state index < -0.39 is 0 Å². The van der Waals surface area contributed by atoms with E-state index in [1.165, 1.54) is 12.8 Å². The molecule has 2 heterocycles. The molecule has 2 fully saturated rings. The minimum Gasteiger partial charge on any atom is -0.364 e. The fourth-order valence-corrected chi connectivity index (χ4v) is 3.41. The van der Waals surface area contributed by atoms with E-state index in [0.29, 0.717) is 0 Å². The Morgan fingerprint density at radius 3 is 2.72 bits per heavy atom. The van der Waals surface area contributed by atoms with Gasteiger partial charge in [-0.25, -0.2) is 0 Å². The molecule has 140 valence electrons. The Balaban J connectivity index is 1.46. The van der Waals surface area contributed by atoms with E-state index in [0.717, 1.165) is 76.6 Å². The lowest BCUT2D eigenvalue weighted by atomic mass is 10.3. The van der Waals surface area contributed by atoms with Gasteiger partial charge in [0.2, 0.25) is 0 Å². The normalized spacial score (nSPS) is 19.6. The van der Waals surface area contributed by atoms with E-state index in [1.807, 2.05) is 6.07 Å². The van der Waals surface area contributed by atoms with Gasteiger partial charge < -0.3 is 14.7 Å². The number of hydrogen-bond acceptors (Lipinski definition) is 5. The summed E-state index contributed by atoms with van der Waals surface area (Å²) in [6.07, 6.45) is 4.37. The summed E-state index contributed by atoms with van der Waals surface area (Å²) in [5, 5.41) is 7.47. The molecule has 0 radical (unpaired) electrons. The standard InChI is InChI=1S/C18H32N6O/c1-3-19-18(20-8-9-23(4-2)17-5-6-17)24-12-10-22(11-13-24)15-16-7-14-25-21-16/h7,14,17H,3-6,8-13,15H2,1-2H3,(H,19,20). The van der Waals surface area contributed by atoms with Crippen molar-refractivity contribution in [1.29, 1.82) is 0 Å². The summed E-state index contributed by atoms with van der Waals surface area (Å²) in [6, 6.07) is 2.76. The van der Waals surface area contributed by atoms with E-state index in [9.17, 15) is 0 Å². The van der Waals surface area contributed by atoms with Gasteiger partial charge in [-0.05, 0) is 26.3 Å². The molecule has 7 nitrogen and oxygen atoms in total. The minimum atomic E-state index is 0.822. The molecule has 0 aromatic carbocycles. The molecule has 1 aromatic rings. The predicted molar refractivity (Wildman–Crippen MR) is 99.6 cm³/mol. The Morgan fingerprint density at radius 1 is 1.32 bits per heavy atom. The topological polar surface area (TPSA) is 60.1 Å². The molecule has 0 bridgehead atoms. The zero-order chi connectivity index (χ0) is 17.5. The Morgan fingerprint density at radius 2 is 2.12 bits per heavy atom. The zero-order valence-electron chi connectivity index (χ0n) is 15.7. The summed E-state index contributed by atoms with van der Waals surface area (Å²) in [6.45, 7) is 13.3. The summed E-state index contributed by atoms with van der Waals surface area (Å²) < 4.78 is 4.92. The number of nitrogens with one attached hydrogen (secondary N) is 1. The van der Waals surface area contributed by atoms with Gasteiger partial charge in [-0.3, -0.25) is 14.8 Å². The molecule has 25 heavy (non-hydrogen) atoms. The van der Waals surface area contributed by atoms with Crippen LogP contribution in [0, 0.1) is 0 Å². The maximum atomic E-state index is 4.92. The highest BCUT2D eigenvalue weighted by Gasteiger charge is 2.27. The number of rotatable bonds is 8. The van der Waals surface area contributed by atoms with Gasteiger partial charge in [0.1, 0.15) is 6.26 Å². The molecule has 0 unspecified atom stereocenters. The van der Waals surface area contributed by atoms with Crippen molar-refractivity contribution >= 4 is 5.96 Å². The Bertz CT molecular complexity index is 520. The summed E-state index contributed by atoms with van der Waals surface area (Å²) in [4.78, 5) is 12.2. The minimum absolute atomic E-state index is 0.822. The van der Waals surface area contributed by atoms with Gasteiger partial charge >= 0.3 is 0 Å². The predicted octanol–water partition coefficient (Wildman–Crippen LogP) is 1.24. The summed E-state index contributed by atoms with van der Waals surface area (Å²) >= 11 is 0. The fourth-order valence-electron chi connectivity index (χ4n) is 3.41. The van der Waals surface area contributed by atoms with Crippen molar-refractivity contribution in [2.75, 3.05) is 52.4 Å². The third-order valence-corrected chi connectivity index (χ3v) is 5.00. The second-order valence-corrected chi connectivity index (χ2v) is 6.85. The summed E-state index contributed by atoms with van der Waals surface area (Å²) in [7, 11) is 0. The van der Waals surface area contributed by atoms with Crippen LogP contribution in [0.15, 0.2) is 21.8 Å². The molecule has 1 aliphatic carbocycles. The number of guanidine groups is 1. The average molecular weight is 348 g/mol. The van der Waals surface area contributed by atoms with E-state index in [4.69, 9.17) is 9.52 Å². The SMILES string of the molecule is CCNC(=NCCN(CC)C1CC1)N1CCN(Cc2ccon2)CC1. The van der Waals surface area contributed by atoms with Gasteiger partial charge in [-0.2, -0.15) is 0 Å². The molecule has 3 rings (SSSR count). The molecule has 0 amide bonds. The van der Waals surface area contributed by atoms with E-state index >= 15 is 0 Å². The van der Waals surface area contributed by atoms with Crippen LogP contribution in [0.3, 0.4) is 0 Å². The lowest BCUT2D eigenvalue weighted by Crippen LogP contribution is -2.52. The molecule has 7 heteroatoms. The highest BCUT2D eigenvalue weighted by Crippen LogP contribution is 2.25. The molecule has 1 aromatic heterocycles. The van der Waals surface area contributed by atoms with Crippen LogP contribution in [0.1, 0.15) is 32.4 Å². The Labute approximate surface area is 151 Å². The van der Waals surface area contributed by atoms with E-state index in [2.05, 4.69) is 39.0 Å². The first-order chi connectivity index (χ1) is 12.3. The molecule has 1 saturated heterocycles. The number of nitrogens with zero attached hydrogens (tertiary/aromatic N) is 5. The number of likely N-dealkylation sites (N-methyl/N-ethyl adjacent to an activating group) is 1.